The quantitative estimate of drug-likeness (QED) is 0.610. The fraction of sp³-hybridized carbons (Fsp3) is 0.600. The molecule has 0 radical (unpaired) electrons. The minimum atomic E-state index is -3.62. The molecule has 1 aliphatic carbocycles. The lowest BCUT2D eigenvalue weighted by Gasteiger charge is -2.36. The normalized spacial score (nSPS) is 23.0. The Morgan fingerprint density at radius 1 is 1.00 bits per heavy atom. The van der Waals surface area contributed by atoms with Gasteiger partial charge in [0, 0.05) is 30.7 Å². The average Bonchev–Trinajstić information content (AvgIpc) is 2.79. The minimum absolute atomic E-state index is 0.00915. The summed E-state index contributed by atoms with van der Waals surface area (Å²) in [6, 6.07) is 6.36. The lowest BCUT2D eigenvalue weighted by atomic mass is 9.69. The molecule has 0 atom stereocenters. The molecule has 182 valence electrons. The van der Waals surface area contributed by atoms with E-state index < -0.39 is 10.0 Å². The van der Waals surface area contributed by atoms with Gasteiger partial charge in [-0.3, -0.25) is 9.59 Å². The van der Waals surface area contributed by atoms with Crippen LogP contribution >= 0.6 is 0 Å². The van der Waals surface area contributed by atoms with Crippen molar-refractivity contribution in [3.05, 3.63) is 36.9 Å². The van der Waals surface area contributed by atoms with E-state index in [2.05, 4.69) is 38.0 Å². The summed E-state index contributed by atoms with van der Waals surface area (Å²) in [4.78, 5) is 24.4. The number of anilines is 1. The molecule has 33 heavy (non-hydrogen) atoms. The Balaban J connectivity index is 1.54. The highest BCUT2D eigenvalue weighted by Crippen LogP contribution is 2.40. The molecule has 0 unspecified atom stereocenters. The smallest absolute Gasteiger partial charge is 0.243 e. The predicted octanol–water partition coefficient (Wildman–Crippen LogP) is 3.93. The second-order valence-corrected chi connectivity index (χ2v) is 12.3. The van der Waals surface area contributed by atoms with Crippen LogP contribution in [-0.4, -0.2) is 43.7 Å². The fourth-order valence-electron chi connectivity index (χ4n) is 4.83. The van der Waals surface area contributed by atoms with Crippen LogP contribution in [0.25, 0.3) is 0 Å². The second-order valence-electron chi connectivity index (χ2n) is 10.3. The first-order valence-electron chi connectivity index (χ1n) is 11.8. The molecule has 0 spiro atoms. The van der Waals surface area contributed by atoms with Crippen LogP contribution in [0, 0.1) is 17.3 Å². The van der Waals surface area contributed by atoms with Gasteiger partial charge in [-0.15, -0.1) is 0 Å². The summed E-state index contributed by atoms with van der Waals surface area (Å²) in [5, 5.41) is 5.78. The third-order valence-corrected chi connectivity index (χ3v) is 8.98. The molecule has 0 bridgehead atoms. The summed E-state index contributed by atoms with van der Waals surface area (Å²) in [6.07, 6.45) is 6.25. The van der Waals surface area contributed by atoms with Gasteiger partial charge in [0.1, 0.15) is 0 Å². The molecule has 2 N–H and O–H groups in total. The van der Waals surface area contributed by atoms with E-state index in [1.54, 1.807) is 24.3 Å². The zero-order valence-corrected chi connectivity index (χ0v) is 20.8. The molecular formula is C25H37N3O4S. The molecule has 8 heteroatoms. The topological polar surface area (TPSA) is 95.6 Å². The van der Waals surface area contributed by atoms with E-state index in [1.165, 1.54) is 10.4 Å². The summed E-state index contributed by atoms with van der Waals surface area (Å²) < 4.78 is 27.4. The predicted molar refractivity (Wildman–Crippen MR) is 130 cm³/mol. The van der Waals surface area contributed by atoms with Gasteiger partial charge in [0.05, 0.1) is 4.90 Å². The molecule has 1 heterocycles. The van der Waals surface area contributed by atoms with Crippen LogP contribution in [0.2, 0.25) is 0 Å². The van der Waals surface area contributed by atoms with Crippen molar-refractivity contribution in [1.82, 2.24) is 9.62 Å². The van der Waals surface area contributed by atoms with E-state index >= 15 is 0 Å². The van der Waals surface area contributed by atoms with Crippen molar-refractivity contribution < 1.29 is 18.0 Å². The highest BCUT2D eigenvalue weighted by Gasteiger charge is 2.33. The van der Waals surface area contributed by atoms with Gasteiger partial charge in [-0.05, 0) is 80.2 Å². The van der Waals surface area contributed by atoms with Gasteiger partial charge in [0.25, 0.3) is 0 Å². The van der Waals surface area contributed by atoms with E-state index in [0.29, 0.717) is 37.5 Å². The maximum Gasteiger partial charge on any atom is 0.243 e. The minimum Gasteiger partial charge on any atom is -0.350 e. The molecule has 1 saturated carbocycles. The van der Waals surface area contributed by atoms with E-state index in [0.717, 1.165) is 25.7 Å². The number of hydrogen-bond acceptors (Lipinski definition) is 4. The number of sulfonamides is 1. The van der Waals surface area contributed by atoms with E-state index in [4.69, 9.17) is 0 Å². The van der Waals surface area contributed by atoms with Gasteiger partial charge >= 0.3 is 0 Å². The van der Waals surface area contributed by atoms with Crippen LogP contribution < -0.4 is 10.6 Å². The number of benzene rings is 1. The number of hydrogen-bond donors (Lipinski definition) is 2. The molecular weight excluding hydrogens is 438 g/mol. The summed E-state index contributed by atoms with van der Waals surface area (Å²) in [7, 11) is -3.62. The number of nitrogens with one attached hydrogen (secondary N) is 2. The first kappa shape index (κ1) is 25.4. The Morgan fingerprint density at radius 3 is 2.09 bits per heavy atom. The van der Waals surface area contributed by atoms with Gasteiger partial charge in [-0.25, -0.2) is 8.42 Å². The lowest BCUT2D eigenvalue weighted by Crippen LogP contribution is -2.46. The Hall–Kier alpha value is -2.19. The number of carbonyl (C=O) groups is 2. The van der Waals surface area contributed by atoms with Crippen molar-refractivity contribution in [2.24, 2.45) is 17.3 Å². The van der Waals surface area contributed by atoms with Crippen molar-refractivity contribution in [2.75, 3.05) is 18.4 Å². The largest absolute Gasteiger partial charge is 0.350 e. The van der Waals surface area contributed by atoms with Gasteiger partial charge in [-0.2, -0.15) is 4.31 Å². The zero-order valence-electron chi connectivity index (χ0n) is 20.0. The molecule has 2 amide bonds. The molecule has 2 aliphatic rings. The highest BCUT2D eigenvalue weighted by atomic mass is 32.2. The second kappa shape index (κ2) is 10.4. The monoisotopic (exact) mass is 475 g/mol. The summed E-state index contributed by atoms with van der Waals surface area (Å²) in [5.41, 5.74) is 0.889. The maximum atomic E-state index is 13.0. The number of nitrogens with zero attached hydrogens (tertiary/aromatic N) is 1. The standard InChI is InChI=1S/C25H37N3O4S/c1-5-23(29)26-21-14-16-28(17-15-21)33(31,32)22-12-10-20(11-13-22)27-24(30)18-6-8-19(9-7-18)25(2,3)4/h5,10-13,18-19,21H,1,6-9,14-17H2,2-4H3,(H,26,29)(H,27,30). The Morgan fingerprint density at radius 2 is 1.58 bits per heavy atom. The third kappa shape index (κ3) is 6.44. The van der Waals surface area contributed by atoms with Crippen molar-refractivity contribution in [1.29, 1.82) is 0 Å². The first-order chi connectivity index (χ1) is 15.5. The first-order valence-corrected chi connectivity index (χ1v) is 13.3. The van der Waals surface area contributed by atoms with Crippen LogP contribution in [0.3, 0.4) is 0 Å². The molecule has 1 aromatic carbocycles. The molecule has 3 rings (SSSR count). The van der Waals surface area contributed by atoms with Crippen LogP contribution in [-0.2, 0) is 19.6 Å². The number of carbonyl (C=O) groups excluding carboxylic acids is 2. The molecule has 2 fully saturated rings. The molecule has 1 aliphatic heterocycles. The lowest BCUT2D eigenvalue weighted by molar-refractivity contribution is -0.121. The summed E-state index contributed by atoms with van der Waals surface area (Å²) >= 11 is 0. The van der Waals surface area contributed by atoms with Crippen molar-refractivity contribution >= 4 is 27.5 Å². The third-order valence-electron chi connectivity index (χ3n) is 7.07. The van der Waals surface area contributed by atoms with Crippen LogP contribution in [0.15, 0.2) is 41.8 Å². The molecule has 0 aromatic heterocycles. The number of rotatable bonds is 6. The highest BCUT2D eigenvalue weighted by molar-refractivity contribution is 7.89. The average molecular weight is 476 g/mol. The number of amides is 2. The molecule has 1 aromatic rings. The van der Waals surface area contributed by atoms with Crippen molar-refractivity contribution in [3.63, 3.8) is 0 Å². The summed E-state index contributed by atoms with van der Waals surface area (Å²) in [5.74, 6) is 0.432. The Kier molecular flexibility index (Phi) is 8.00. The Labute approximate surface area is 198 Å². The Bertz CT molecular complexity index is 950. The number of piperidine rings is 1. The maximum absolute atomic E-state index is 13.0. The summed E-state index contributed by atoms with van der Waals surface area (Å²) in [6.45, 7) is 10.9. The molecule has 1 saturated heterocycles. The van der Waals surface area contributed by atoms with Gasteiger partial charge in [-0.1, -0.05) is 27.4 Å². The van der Waals surface area contributed by atoms with E-state index in [9.17, 15) is 18.0 Å². The molecule has 7 nitrogen and oxygen atoms in total. The van der Waals surface area contributed by atoms with E-state index in [-0.39, 0.29) is 34.1 Å². The van der Waals surface area contributed by atoms with Crippen molar-refractivity contribution in [3.8, 4) is 0 Å². The SMILES string of the molecule is C=CC(=O)NC1CCN(S(=O)(=O)c2ccc(NC(=O)C3CCC(C(C)(C)C)CC3)cc2)CC1. The zero-order chi connectivity index (χ0) is 24.2. The van der Waals surface area contributed by atoms with Crippen LogP contribution in [0.4, 0.5) is 5.69 Å². The fourth-order valence-corrected chi connectivity index (χ4v) is 6.30. The van der Waals surface area contributed by atoms with E-state index in [1.807, 2.05) is 0 Å². The van der Waals surface area contributed by atoms with Gasteiger partial charge < -0.3 is 10.6 Å². The van der Waals surface area contributed by atoms with Crippen LogP contribution in [0.1, 0.15) is 59.3 Å². The van der Waals surface area contributed by atoms with Crippen LogP contribution in [0.5, 0.6) is 0 Å². The van der Waals surface area contributed by atoms with Gasteiger partial charge in [0.2, 0.25) is 21.8 Å². The van der Waals surface area contributed by atoms with Crippen molar-refractivity contribution in [2.45, 2.75) is 70.2 Å². The van der Waals surface area contributed by atoms with Gasteiger partial charge in [0.15, 0.2) is 0 Å².